The molecule has 4 heteroatoms. The summed E-state index contributed by atoms with van der Waals surface area (Å²) >= 11 is 0. The number of benzene rings is 1. The van der Waals surface area contributed by atoms with Crippen LogP contribution in [0, 0.1) is 0 Å². The average molecular weight is 295 g/mol. The van der Waals surface area contributed by atoms with E-state index >= 15 is 0 Å². The maximum Gasteiger partial charge on any atom is 0.322 e. The number of amides is 2. The molecule has 2 heterocycles. The fourth-order valence-corrected chi connectivity index (χ4v) is 3.03. The molecule has 0 spiro atoms. The lowest BCUT2D eigenvalue weighted by atomic mass is 9.94. The van der Waals surface area contributed by atoms with E-state index < -0.39 is 0 Å². The van der Waals surface area contributed by atoms with E-state index in [1.807, 2.05) is 35.2 Å². The van der Waals surface area contributed by atoms with Crippen molar-refractivity contribution in [2.24, 2.45) is 0 Å². The molecular formula is C18H21N3O. The topological polar surface area (TPSA) is 45.2 Å². The molecule has 114 valence electrons. The van der Waals surface area contributed by atoms with E-state index in [0.717, 1.165) is 30.5 Å². The van der Waals surface area contributed by atoms with Gasteiger partial charge >= 0.3 is 6.03 Å². The molecule has 22 heavy (non-hydrogen) atoms. The van der Waals surface area contributed by atoms with Crippen molar-refractivity contribution >= 4 is 11.7 Å². The summed E-state index contributed by atoms with van der Waals surface area (Å²) in [5, 5.41) is 3.02. The molecule has 2 amide bonds. The first-order valence-electron chi connectivity index (χ1n) is 7.83. The molecule has 0 saturated heterocycles. The number of para-hydroxylation sites is 1. The van der Waals surface area contributed by atoms with E-state index in [9.17, 15) is 4.79 Å². The van der Waals surface area contributed by atoms with Crippen LogP contribution >= 0.6 is 0 Å². The first-order valence-corrected chi connectivity index (χ1v) is 7.83. The fourth-order valence-electron chi connectivity index (χ4n) is 3.03. The molecule has 0 bridgehead atoms. The second-order valence-electron chi connectivity index (χ2n) is 5.62. The molecule has 1 aliphatic heterocycles. The Kier molecular flexibility index (Phi) is 4.37. The van der Waals surface area contributed by atoms with Crippen LogP contribution in [0.5, 0.6) is 0 Å². The van der Waals surface area contributed by atoms with Gasteiger partial charge in [0, 0.05) is 30.7 Å². The van der Waals surface area contributed by atoms with Gasteiger partial charge in [-0.1, -0.05) is 31.2 Å². The zero-order valence-electron chi connectivity index (χ0n) is 12.8. The summed E-state index contributed by atoms with van der Waals surface area (Å²) in [6, 6.07) is 12.3. The predicted octanol–water partition coefficient (Wildman–Crippen LogP) is 3.52. The van der Waals surface area contributed by atoms with Crippen molar-refractivity contribution in [1.82, 2.24) is 10.3 Å². The van der Waals surface area contributed by atoms with Crippen LogP contribution in [-0.2, 0) is 13.0 Å². The number of nitrogens with one attached hydrogen (secondary N) is 1. The molecule has 1 N–H and O–H groups in total. The molecule has 4 nitrogen and oxygen atoms in total. The second-order valence-corrected chi connectivity index (χ2v) is 5.62. The van der Waals surface area contributed by atoms with Crippen LogP contribution in [0.1, 0.15) is 30.9 Å². The first kappa shape index (κ1) is 14.6. The minimum atomic E-state index is -0.0251. The zero-order chi connectivity index (χ0) is 15.4. The molecule has 0 unspecified atom stereocenters. The number of rotatable bonds is 3. The van der Waals surface area contributed by atoms with E-state index in [2.05, 4.69) is 23.3 Å². The molecule has 1 aromatic carbocycles. The lowest BCUT2D eigenvalue weighted by Crippen LogP contribution is -2.48. The minimum Gasteiger partial charge on any atom is -0.334 e. The molecule has 1 aliphatic rings. The molecular weight excluding hydrogens is 274 g/mol. The SMILES string of the molecule is CC[C@H]1CCc2ccccc2N1C(=O)NCc1cccnc1. The number of anilines is 1. The minimum absolute atomic E-state index is 0.0251. The quantitative estimate of drug-likeness (QED) is 0.941. The number of aryl methyl sites for hydroxylation is 1. The highest BCUT2D eigenvalue weighted by molar-refractivity contribution is 5.93. The Labute approximate surface area is 131 Å². The third-order valence-corrected chi connectivity index (χ3v) is 4.22. The zero-order valence-corrected chi connectivity index (χ0v) is 12.8. The Hall–Kier alpha value is -2.36. The van der Waals surface area contributed by atoms with E-state index in [4.69, 9.17) is 0 Å². The number of aromatic nitrogens is 1. The number of nitrogens with zero attached hydrogens (tertiary/aromatic N) is 2. The standard InChI is InChI=1S/C18H21N3O/c1-2-16-10-9-15-7-3-4-8-17(15)21(16)18(22)20-13-14-6-5-11-19-12-14/h3-8,11-12,16H,2,9-10,13H2,1H3,(H,20,22)/t16-/m0/s1. The van der Waals surface area contributed by atoms with Crippen molar-refractivity contribution in [3.63, 3.8) is 0 Å². The van der Waals surface area contributed by atoms with Gasteiger partial charge in [-0.15, -0.1) is 0 Å². The number of carbonyl (C=O) groups excluding carboxylic acids is 1. The van der Waals surface area contributed by atoms with Crippen LogP contribution in [0.3, 0.4) is 0 Å². The number of pyridine rings is 1. The Balaban J connectivity index is 1.77. The monoisotopic (exact) mass is 295 g/mol. The van der Waals surface area contributed by atoms with Gasteiger partial charge in [0.05, 0.1) is 0 Å². The maximum atomic E-state index is 12.7. The van der Waals surface area contributed by atoms with E-state index in [-0.39, 0.29) is 12.1 Å². The molecule has 0 saturated carbocycles. The van der Waals surface area contributed by atoms with Gasteiger partial charge in [-0.2, -0.15) is 0 Å². The maximum absolute atomic E-state index is 12.7. The number of carbonyl (C=O) groups is 1. The van der Waals surface area contributed by atoms with Crippen molar-refractivity contribution in [2.45, 2.75) is 38.8 Å². The summed E-state index contributed by atoms with van der Waals surface area (Å²) in [5.74, 6) is 0. The lowest BCUT2D eigenvalue weighted by molar-refractivity contribution is 0.242. The van der Waals surface area contributed by atoms with Crippen molar-refractivity contribution in [3.05, 3.63) is 59.9 Å². The molecule has 3 rings (SSSR count). The number of fused-ring (bicyclic) bond motifs is 1. The molecule has 0 radical (unpaired) electrons. The number of hydrogen-bond acceptors (Lipinski definition) is 2. The van der Waals surface area contributed by atoms with Crippen molar-refractivity contribution in [3.8, 4) is 0 Å². The summed E-state index contributed by atoms with van der Waals surface area (Å²) in [4.78, 5) is 18.7. The molecule has 0 fully saturated rings. The fraction of sp³-hybridized carbons (Fsp3) is 0.333. The summed E-state index contributed by atoms with van der Waals surface area (Å²) < 4.78 is 0. The Bertz CT molecular complexity index is 642. The highest BCUT2D eigenvalue weighted by Crippen LogP contribution is 2.31. The van der Waals surface area contributed by atoms with Crippen molar-refractivity contribution in [2.75, 3.05) is 4.90 Å². The van der Waals surface area contributed by atoms with Gasteiger partial charge in [0.25, 0.3) is 0 Å². The molecule has 0 aliphatic carbocycles. The van der Waals surface area contributed by atoms with E-state index in [1.54, 1.807) is 12.4 Å². The third kappa shape index (κ3) is 2.96. The summed E-state index contributed by atoms with van der Waals surface area (Å²) in [6.07, 6.45) is 6.55. The summed E-state index contributed by atoms with van der Waals surface area (Å²) in [5.41, 5.74) is 3.31. The van der Waals surface area contributed by atoms with Gasteiger partial charge in [0.15, 0.2) is 0 Å². The van der Waals surface area contributed by atoms with Gasteiger partial charge in [-0.25, -0.2) is 4.79 Å². The number of urea groups is 1. The van der Waals surface area contributed by atoms with Gasteiger partial charge < -0.3 is 5.32 Å². The Morgan fingerprint density at radius 2 is 2.18 bits per heavy atom. The van der Waals surface area contributed by atoms with Gasteiger partial charge in [0.2, 0.25) is 0 Å². The average Bonchev–Trinajstić information content (AvgIpc) is 2.59. The largest absolute Gasteiger partial charge is 0.334 e. The van der Waals surface area contributed by atoms with Crippen molar-refractivity contribution in [1.29, 1.82) is 0 Å². The van der Waals surface area contributed by atoms with Gasteiger partial charge in [-0.3, -0.25) is 9.88 Å². The number of hydrogen-bond donors (Lipinski definition) is 1. The van der Waals surface area contributed by atoms with Crippen LogP contribution in [0.4, 0.5) is 10.5 Å². The first-order chi connectivity index (χ1) is 10.8. The Morgan fingerprint density at radius 1 is 1.32 bits per heavy atom. The van der Waals surface area contributed by atoms with Crippen LogP contribution in [0.25, 0.3) is 0 Å². The summed E-state index contributed by atoms with van der Waals surface area (Å²) in [6.45, 7) is 2.64. The van der Waals surface area contributed by atoms with Gasteiger partial charge in [0.1, 0.15) is 0 Å². The molecule has 1 atom stereocenters. The van der Waals surface area contributed by atoms with Crippen LogP contribution in [0.15, 0.2) is 48.8 Å². The lowest BCUT2D eigenvalue weighted by Gasteiger charge is -2.36. The Morgan fingerprint density at radius 3 is 2.95 bits per heavy atom. The predicted molar refractivity (Wildman–Crippen MR) is 87.8 cm³/mol. The van der Waals surface area contributed by atoms with Gasteiger partial charge in [-0.05, 0) is 42.5 Å². The van der Waals surface area contributed by atoms with E-state index in [0.29, 0.717) is 6.54 Å². The normalized spacial score (nSPS) is 17.0. The van der Waals surface area contributed by atoms with Crippen LogP contribution < -0.4 is 10.2 Å². The molecule has 2 aromatic rings. The summed E-state index contributed by atoms with van der Waals surface area (Å²) in [7, 11) is 0. The smallest absolute Gasteiger partial charge is 0.322 e. The van der Waals surface area contributed by atoms with Crippen LogP contribution in [-0.4, -0.2) is 17.1 Å². The second kappa shape index (κ2) is 6.60. The van der Waals surface area contributed by atoms with Crippen molar-refractivity contribution < 1.29 is 4.79 Å². The highest BCUT2D eigenvalue weighted by Gasteiger charge is 2.29. The highest BCUT2D eigenvalue weighted by atomic mass is 16.2. The van der Waals surface area contributed by atoms with Crippen LogP contribution in [0.2, 0.25) is 0 Å². The molecule has 1 aromatic heterocycles. The van der Waals surface area contributed by atoms with E-state index in [1.165, 1.54) is 5.56 Å². The third-order valence-electron chi connectivity index (χ3n) is 4.22.